The molecule has 8 heteroatoms. The Morgan fingerprint density at radius 1 is 1.13 bits per heavy atom. The Hall–Kier alpha value is -2.00. The van der Waals surface area contributed by atoms with E-state index in [1.54, 1.807) is 18.2 Å². The van der Waals surface area contributed by atoms with Gasteiger partial charge in [0.25, 0.3) is 0 Å². The number of halogens is 1. The molecule has 1 atom stereocenters. The van der Waals surface area contributed by atoms with E-state index in [4.69, 9.17) is 5.10 Å². The molecule has 1 aliphatic rings. The first-order valence-electron chi connectivity index (χ1n) is 9.94. The molecule has 2 heterocycles. The van der Waals surface area contributed by atoms with Crippen LogP contribution in [0.5, 0.6) is 0 Å². The average Bonchev–Trinajstić information content (AvgIpc) is 3.27. The molecule has 0 aliphatic carbocycles. The molecule has 0 amide bonds. The van der Waals surface area contributed by atoms with Gasteiger partial charge in [0.2, 0.25) is 10.0 Å². The van der Waals surface area contributed by atoms with Gasteiger partial charge in [-0.05, 0) is 50.6 Å². The Labute approximate surface area is 186 Å². The maximum absolute atomic E-state index is 12.7. The van der Waals surface area contributed by atoms with E-state index in [2.05, 4.69) is 32.5 Å². The number of nitrogens with one attached hydrogen (secondary N) is 1. The van der Waals surface area contributed by atoms with Crippen molar-refractivity contribution < 1.29 is 8.42 Å². The minimum atomic E-state index is -3.53. The number of hydrogen-bond donors (Lipinski definition) is 1. The van der Waals surface area contributed by atoms with Gasteiger partial charge in [0.05, 0.1) is 16.3 Å². The largest absolute Gasteiger partial charge is 0.297 e. The molecular formula is C22H25BrN4O2S. The van der Waals surface area contributed by atoms with E-state index in [-0.39, 0.29) is 10.9 Å². The molecule has 158 valence electrons. The van der Waals surface area contributed by atoms with Crippen molar-refractivity contribution in [2.75, 3.05) is 13.1 Å². The average molecular weight is 489 g/mol. The third-order valence-electron chi connectivity index (χ3n) is 5.52. The highest BCUT2D eigenvalue weighted by Gasteiger charge is 2.28. The Balaban J connectivity index is 1.44. The second-order valence-corrected chi connectivity index (χ2v) is 10.3. The highest BCUT2D eigenvalue weighted by Crippen LogP contribution is 2.23. The van der Waals surface area contributed by atoms with Crippen molar-refractivity contribution in [3.8, 4) is 5.69 Å². The minimum absolute atomic E-state index is 0.0984. The Morgan fingerprint density at radius 3 is 2.63 bits per heavy atom. The lowest BCUT2D eigenvalue weighted by Crippen LogP contribution is -2.37. The lowest BCUT2D eigenvalue weighted by molar-refractivity contribution is 0.323. The molecule has 4 rings (SSSR count). The van der Waals surface area contributed by atoms with Crippen molar-refractivity contribution in [1.82, 2.24) is 19.4 Å². The van der Waals surface area contributed by atoms with Crippen molar-refractivity contribution in [2.24, 2.45) is 0 Å². The van der Waals surface area contributed by atoms with Gasteiger partial charge in [0, 0.05) is 41.4 Å². The van der Waals surface area contributed by atoms with Gasteiger partial charge in [-0.3, -0.25) is 4.90 Å². The molecule has 0 saturated carbocycles. The molecule has 1 saturated heterocycles. The summed E-state index contributed by atoms with van der Waals surface area (Å²) in [6, 6.07) is 16.8. The van der Waals surface area contributed by atoms with Crippen LogP contribution in [0, 0.1) is 13.8 Å². The first kappa shape index (κ1) is 21.2. The third-order valence-corrected chi connectivity index (χ3v) is 7.54. The number of hydrogen-bond acceptors (Lipinski definition) is 4. The summed E-state index contributed by atoms with van der Waals surface area (Å²) in [5.74, 6) is 0. The molecule has 0 spiro atoms. The Morgan fingerprint density at radius 2 is 1.90 bits per heavy atom. The number of sulfonamides is 1. The zero-order chi connectivity index (χ0) is 21.3. The van der Waals surface area contributed by atoms with E-state index in [1.807, 2.05) is 48.0 Å². The van der Waals surface area contributed by atoms with E-state index in [0.717, 1.165) is 41.1 Å². The third kappa shape index (κ3) is 4.51. The molecule has 1 unspecified atom stereocenters. The molecule has 3 aromatic rings. The SMILES string of the molecule is Cc1nn(-c2ccccc2)c(C)c1CN1CCC(NS(=O)(=O)c2cccc(Br)c2)C1. The quantitative estimate of drug-likeness (QED) is 0.572. The van der Waals surface area contributed by atoms with Gasteiger partial charge in [-0.2, -0.15) is 5.10 Å². The normalized spacial score (nSPS) is 17.5. The van der Waals surface area contributed by atoms with Gasteiger partial charge < -0.3 is 0 Å². The van der Waals surface area contributed by atoms with Crippen LogP contribution in [-0.2, 0) is 16.6 Å². The van der Waals surface area contributed by atoms with Gasteiger partial charge >= 0.3 is 0 Å². The molecule has 0 bridgehead atoms. The van der Waals surface area contributed by atoms with Crippen molar-refractivity contribution in [2.45, 2.75) is 37.8 Å². The van der Waals surface area contributed by atoms with Crippen LogP contribution >= 0.6 is 15.9 Å². The number of nitrogens with zero attached hydrogens (tertiary/aromatic N) is 3. The maximum atomic E-state index is 12.7. The lowest BCUT2D eigenvalue weighted by atomic mass is 10.2. The maximum Gasteiger partial charge on any atom is 0.240 e. The fourth-order valence-corrected chi connectivity index (χ4v) is 5.80. The number of aryl methyl sites for hydroxylation is 1. The highest BCUT2D eigenvalue weighted by atomic mass is 79.9. The van der Waals surface area contributed by atoms with Gasteiger partial charge in [-0.25, -0.2) is 17.8 Å². The van der Waals surface area contributed by atoms with Crippen LogP contribution in [0.3, 0.4) is 0 Å². The number of benzene rings is 2. The topological polar surface area (TPSA) is 67.2 Å². The molecule has 1 aliphatic heterocycles. The molecule has 1 fully saturated rings. The number of aromatic nitrogens is 2. The van der Waals surface area contributed by atoms with Gasteiger partial charge in [-0.15, -0.1) is 0 Å². The van der Waals surface area contributed by atoms with Crippen LogP contribution < -0.4 is 4.72 Å². The minimum Gasteiger partial charge on any atom is -0.297 e. The number of para-hydroxylation sites is 1. The number of likely N-dealkylation sites (tertiary alicyclic amines) is 1. The summed E-state index contributed by atoms with van der Waals surface area (Å²) in [5.41, 5.74) is 4.38. The van der Waals surface area contributed by atoms with E-state index in [9.17, 15) is 8.42 Å². The van der Waals surface area contributed by atoms with Crippen molar-refractivity contribution >= 4 is 26.0 Å². The first-order valence-corrected chi connectivity index (χ1v) is 12.2. The van der Waals surface area contributed by atoms with Crippen molar-refractivity contribution in [3.63, 3.8) is 0 Å². The summed E-state index contributed by atoms with van der Waals surface area (Å²) in [6.45, 7) is 6.42. The number of rotatable bonds is 6. The lowest BCUT2D eigenvalue weighted by Gasteiger charge is -2.17. The van der Waals surface area contributed by atoms with Crippen LogP contribution in [0.2, 0.25) is 0 Å². The zero-order valence-corrected chi connectivity index (χ0v) is 19.4. The van der Waals surface area contributed by atoms with E-state index >= 15 is 0 Å². The molecule has 1 aromatic heterocycles. The molecule has 0 radical (unpaired) electrons. The van der Waals surface area contributed by atoms with Crippen LogP contribution in [-0.4, -0.2) is 42.2 Å². The standard InChI is InChI=1S/C22H25BrN4O2S/c1-16-22(17(2)27(24-16)20-8-4-3-5-9-20)15-26-12-11-19(14-26)25-30(28,29)21-10-6-7-18(23)13-21/h3-10,13,19,25H,11-12,14-15H2,1-2H3. The Kier molecular flexibility index (Phi) is 6.11. The second kappa shape index (κ2) is 8.63. The fraction of sp³-hybridized carbons (Fsp3) is 0.318. The van der Waals surface area contributed by atoms with Gasteiger partial charge in [-0.1, -0.05) is 40.2 Å². The summed E-state index contributed by atoms with van der Waals surface area (Å²) in [5, 5.41) is 4.72. The van der Waals surface area contributed by atoms with Crippen LogP contribution in [0.1, 0.15) is 23.4 Å². The van der Waals surface area contributed by atoms with Crippen LogP contribution in [0.15, 0.2) is 64.0 Å². The predicted octanol–water partition coefficient (Wildman–Crippen LogP) is 3.80. The van der Waals surface area contributed by atoms with Crippen LogP contribution in [0.25, 0.3) is 5.69 Å². The molecule has 2 aromatic carbocycles. The van der Waals surface area contributed by atoms with E-state index in [0.29, 0.717) is 6.54 Å². The predicted molar refractivity (Wildman–Crippen MR) is 121 cm³/mol. The highest BCUT2D eigenvalue weighted by molar-refractivity contribution is 9.10. The van der Waals surface area contributed by atoms with E-state index < -0.39 is 10.0 Å². The van der Waals surface area contributed by atoms with Gasteiger partial charge in [0.1, 0.15) is 0 Å². The van der Waals surface area contributed by atoms with Crippen molar-refractivity contribution in [3.05, 3.63) is 76.0 Å². The summed E-state index contributed by atoms with van der Waals surface area (Å²) in [6.07, 6.45) is 0.790. The summed E-state index contributed by atoms with van der Waals surface area (Å²) < 4.78 is 31.0. The first-order chi connectivity index (χ1) is 14.3. The zero-order valence-electron chi connectivity index (χ0n) is 17.0. The van der Waals surface area contributed by atoms with Crippen LogP contribution in [0.4, 0.5) is 0 Å². The molecular weight excluding hydrogens is 464 g/mol. The summed E-state index contributed by atoms with van der Waals surface area (Å²) in [4.78, 5) is 2.58. The molecule has 6 nitrogen and oxygen atoms in total. The second-order valence-electron chi connectivity index (χ2n) is 7.70. The molecule has 30 heavy (non-hydrogen) atoms. The van der Waals surface area contributed by atoms with Crippen molar-refractivity contribution in [1.29, 1.82) is 0 Å². The Bertz CT molecular complexity index is 1150. The van der Waals surface area contributed by atoms with E-state index in [1.165, 1.54) is 5.56 Å². The molecule has 1 N–H and O–H groups in total. The summed E-state index contributed by atoms with van der Waals surface area (Å²) in [7, 11) is -3.53. The fourth-order valence-electron chi connectivity index (χ4n) is 3.94. The summed E-state index contributed by atoms with van der Waals surface area (Å²) >= 11 is 3.34. The van der Waals surface area contributed by atoms with Gasteiger partial charge in [0.15, 0.2) is 0 Å². The monoisotopic (exact) mass is 488 g/mol. The smallest absolute Gasteiger partial charge is 0.240 e.